The van der Waals surface area contributed by atoms with Gasteiger partial charge in [-0.2, -0.15) is 0 Å². The van der Waals surface area contributed by atoms with Gasteiger partial charge in [0.05, 0.1) is 17.8 Å². The van der Waals surface area contributed by atoms with Crippen molar-refractivity contribution in [3.8, 4) is 0 Å². The van der Waals surface area contributed by atoms with Gasteiger partial charge in [0.1, 0.15) is 0 Å². The van der Waals surface area contributed by atoms with E-state index >= 15 is 0 Å². The number of nitrogens with zero attached hydrogens (tertiary/aromatic N) is 1. The van der Waals surface area contributed by atoms with Crippen molar-refractivity contribution in [2.24, 2.45) is 29.6 Å². The summed E-state index contributed by atoms with van der Waals surface area (Å²) in [6, 6.07) is 8.69. The molecule has 0 aromatic heterocycles. The number of hydrogen-bond donors (Lipinski definition) is 0. The first kappa shape index (κ1) is 19.5. The zero-order valence-corrected chi connectivity index (χ0v) is 17.0. The number of carbonyl (C=O) groups is 4. The van der Waals surface area contributed by atoms with Crippen molar-refractivity contribution in [1.29, 1.82) is 0 Å². The number of Topliss-reactive ketones (excluding diaryl/α,β-unsaturated/α-hetero) is 1. The van der Waals surface area contributed by atoms with Crippen molar-refractivity contribution >= 4 is 23.6 Å². The monoisotopic (exact) mass is 409 g/mol. The predicted octanol–water partition coefficient (Wildman–Crippen LogP) is 3.00. The Kier molecular flexibility index (Phi) is 4.95. The SMILES string of the molecule is O=C(COC(=O)C1CCC(N2C(=O)[C@H]3[C@@H]4CC[C@@H](C4)[C@@H]3C2=O)CC1)c1ccccc1. The van der Waals surface area contributed by atoms with E-state index in [1.807, 2.05) is 6.07 Å². The molecule has 2 bridgehead atoms. The molecule has 1 aliphatic heterocycles. The number of imide groups is 1. The number of ketones is 1. The molecule has 0 radical (unpaired) electrons. The van der Waals surface area contributed by atoms with E-state index in [0.29, 0.717) is 43.1 Å². The molecule has 1 heterocycles. The van der Waals surface area contributed by atoms with E-state index in [1.54, 1.807) is 29.2 Å². The van der Waals surface area contributed by atoms with E-state index < -0.39 is 0 Å². The second-order valence-electron chi connectivity index (χ2n) is 9.33. The van der Waals surface area contributed by atoms with Gasteiger partial charge < -0.3 is 4.74 Å². The van der Waals surface area contributed by atoms with Crippen molar-refractivity contribution in [3.63, 3.8) is 0 Å². The summed E-state index contributed by atoms with van der Waals surface area (Å²) in [5.74, 6) is -0.129. The smallest absolute Gasteiger partial charge is 0.309 e. The van der Waals surface area contributed by atoms with Crippen LogP contribution in [0.2, 0.25) is 0 Å². The van der Waals surface area contributed by atoms with E-state index in [1.165, 1.54) is 0 Å². The third-order valence-corrected chi connectivity index (χ3v) is 7.80. The zero-order valence-electron chi connectivity index (χ0n) is 17.0. The minimum absolute atomic E-state index is 0.0386. The van der Waals surface area contributed by atoms with E-state index in [9.17, 15) is 19.2 Å². The molecule has 1 aromatic carbocycles. The van der Waals surface area contributed by atoms with Crippen LogP contribution in [0.3, 0.4) is 0 Å². The van der Waals surface area contributed by atoms with Crippen molar-refractivity contribution in [2.45, 2.75) is 51.0 Å². The number of rotatable bonds is 5. The quantitative estimate of drug-likeness (QED) is 0.424. The lowest BCUT2D eigenvalue weighted by molar-refractivity contribution is -0.149. The fourth-order valence-electron chi connectivity index (χ4n) is 6.32. The van der Waals surface area contributed by atoms with Crippen LogP contribution in [0.15, 0.2) is 30.3 Å². The molecular formula is C24H27NO5. The van der Waals surface area contributed by atoms with Gasteiger partial charge >= 0.3 is 5.97 Å². The molecule has 6 heteroatoms. The van der Waals surface area contributed by atoms with Crippen LogP contribution >= 0.6 is 0 Å². The molecule has 5 rings (SSSR count). The lowest BCUT2D eigenvalue weighted by Crippen LogP contribution is -2.44. The van der Waals surface area contributed by atoms with E-state index in [4.69, 9.17) is 4.74 Å². The number of fused-ring (bicyclic) bond motifs is 5. The molecule has 6 nitrogen and oxygen atoms in total. The number of benzene rings is 1. The Labute approximate surface area is 175 Å². The van der Waals surface area contributed by atoms with Crippen molar-refractivity contribution in [2.75, 3.05) is 6.61 Å². The number of esters is 1. The lowest BCUT2D eigenvalue weighted by atomic mass is 9.81. The Balaban J connectivity index is 1.14. The molecule has 158 valence electrons. The minimum atomic E-state index is -0.355. The molecule has 1 aromatic rings. The van der Waals surface area contributed by atoms with E-state index in [-0.39, 0.29) is 54.0 Å². The van der Waals surface area contributed by atoms with Crippen LogP contribution in [0, 0.1) is 29.6 Å². The lowest BCUT2D eigenvalue weighted by Gasteiger charge is -2.33. The first-order chi connectivity index (χ1) is 14.5. The van der Waals surface area contributed by atoms with E-state index in [2.05, 4.69) is 0 Å². The van der Waals surface area contributed by atoms with Gasteiger partial charge in [0.2, 0.25) is 11.8 Å². The van der Waals surface area contributed by atoms with E-state index in [0.717, 1.165) is 19.3 Å². The van der Waals surface area contributed by atoms with Crippen molar-refractivity contribution < 1.29 is 23.9 Å². The molecule has 0 spiro atoms. The second kappa shape index (κ2) is 7.64. The first-order valence-electron chi connectivity index (χ1n) is 11.2. The summed E-state index contributed by atoms with van der Waals surface area (Å²) in [6.07, 6.45) is 5.65. The minimum Gasteiger partial charge on any atom is -0.457 e. The van der Waals surface area contributed by atoms with Gasteiger partial charge in [-0.05, 0) is 56.8 Å². The maximum atomic E-state index is 13.0. The van der Waals surface area contributed by atoms with Crippen LogP contribution in [0.5, 0.6) is 0 Å². The van der Waals surface area contributed by atoms with Crippen LogP contribution < -0.4 is 0 Å². The summed E-state index contributed by atoms with van der Waals surface area (Å²) in [5.41, 5.74) is 0.527. The number of carbonyl (C=O) groups excluding carboxylic acids is 4. The third-order valence-electron chi connectivity index (χ3n) is 7.80. The highest BCUT2D eigenvalue weighted by Crippen LogP contribution is 2.56. The fourth-order valence-corrected chi connectivity index (χ4v) is 6.32. The van der Waals surface area contributed by atoms with Gasteiger partial charge in [-0.25, -0.2) is 0 Å². The Bertz CT molecular complexity index is 845. The molecule has 4 fully saturated rings. The summed E-state index contributed by atoms with van der Waals surface area (Å²) < 4.78 is 5.26. The van der Waals surface area contributed by atoms with Crippen LogP contribution in [0.1, 0.15) is 55.3 Å². The zero-order chi connectivity index (χ0) is 20.8. The second-order valence-corrected chi connectivity index (χ2v) is 9.33. The number of amides is 2. The summed E-state index contributed by atoms with van der Waals surface area (Å²) in [4.78, 5) is 52.1. The fraction of sp³-hybridized carbons (Fsp3) is 0.583. The molecule has 4 atom stereocenters. The first-order valence-corrected chi connectivity index (χ1v) is 11.2. The molecule has 0 unspecified atom stereocenters. The van der Waals surface area contributed by atoms with Gasteiger partial charge in [-0.1, -0.05) is 30.3 Å². The molecule has 3 saturated carbocycles. The molecule has 30 heavy (non-hydrogen) atoms. The summed E-state index contributed by atoms with van der Waals surface area (Å²) >= 11 is 0. The Morgan fingerprint density at radius 2 is 1.47 bits per heavy atom. The average Bonchev–Trinajstić information content (AvgIpc) is 3.46. The van der Waals surface area contributed by atoms with Crippen LogP contribution in [0.4, 0.5) is 0 Å². The highest BCUT2D eigenvalue weighted by molar-refractivity contribution is 6.06. The molecule has 4 aliphatic rings. The molecule has 3 aliphatic carbocycles. The summed E-state index contributed by atoms with van der Waals surface area (Å²) in [7, 11) is 0. The number of hydrogen-bond acceptors (Lipinski definition) is 5. The topological polar surface area (TPSA) is 80.8 Å². The van der Waals surface area contributed by atoms with Crippen LogP contribution in [-0.4, -0.2) is 41.1 Å². The van der Waals surface area contributed by atoms with Crippen molar-refractivity contribution in [3.05, 3.63) is 35.9 Å². The predicted molar refractivity (Wildman–Crippen MR) is 107 cm³/mol. The Hall–Kier alpha value is -2.50. The highest BCUT2D eigenvalue weighted by atomic mass is 16.5. The third kappa shape index (κ3) is 3.17. The molecular weight excluding hydrogens is 382 g/mol. The summed E-state index contributed by atoms with van der Waals surface area (Å²) in [5, 5.41) is 0. The Morgan fingerprint density at radius 3 is 2.07 bits per heavy atom. The number of ether oxygens (including phenoxy) is 1. The highest BCUT2D eigenvalue weighted by Gasteiger charge is 2.61. The summed E-state index contributed by atoms with van der Waals surface area (Å²) in [6.45, 7) is -0.252. The van der Waals surface area contributed by atoms with Crippen LogP contribution in [-0.2, 0) is 19.1 Å². The van der Waals surface area contributed by atoms with Crippen molar-refractivity contribution in [1.82, 2.24) is 4.90 Å². The standard InChI is InChI=1S/C24H27NO5/c26-19(14-4-2-1-3-5-14)13-30-24(29)15-8-10-18(11-9-15)25-22(27)20-16-6-7-17(12-16)21(20)23(25)28/h1-5,15-18,20-21H,6-13H2/t15?,16-,17+,18?,20-,21-/m0/s1. The van der Waals surface area contributed by atoms with Gasteiger partial charge in [-0.15, -0.1) is 0 Å². The van der Waals surface area contributed by atoms with Gasteiger partial charge in [0.15, 0.2) is 12.4 Å². The average molecular weight is 409 g/mol. The largest absolute Gasteiger partial charge is 0.457 e. The molecule has 0 N–H and O–H groups in total. The van der Waals surface area contributed by atoms with Gasteiger partial charge in [0.25, 0.3) is 0 Å². The Morgan fingerprint density at radius 1 is 0.867 bits per heavy atom. The molecule has 2 amide bonds. The molecule has 1 saturated heterocycles. The maximum Gasteiger partial charge on any atom is 0.309 e. The van der Waals surface area contributed by atoms with Gasteiger partial charge in [-0.3, -0.25) is 24.1 Å². The maximum absolute atomic E-state index is 13.0. The van der Waals surface area contributed by atoms with Crippen LogP contribution in [0.25, 0.3) is 0 Å². The normalized spacial score (nSPS) is 34.9. The number of likely N-dealkylation sites (tertiary alicyclic amines) is 1. The van der Waals surface area contributed by atoms with Gasteiger partial charge in [0, 0.05) is 11.6 Å².